The zero-order chi connectivity index (χ0) is 17.9. The predicted molar refractivity (Wildman–Crippen MR) is 99.2 cm³/mol. The van der Waals surface area contributed by atoms with E-state index in [-0.39, 0.29) is 37.6 Å². The topological polar surface area (TPSA) is 72.8 Å². The van der Waals surface area contributed by atoms with Gasteiger partial charge in [0.25, 0.3) is 0 Å². The Labute approximate surface area is 179 Å². The van der Waals surface area contributed by atoms with Gasteiger partial charge in [-0.3, -0.25) is 0 Å². The summed E-state index contributed by atoms with van der Waals surface area (Å²) in [6, 6.07) is 0. The van der Waals surface area contributed by atoms with Gasteiger partial charge in [-0.15, -0.1) is 0 Å². The van der Waals surface area contributed by atoms with E-state index in [0.29, 0.717) is 6.42 Å². The van der Waals surface area contributed by atoms with Crippen molar-refractivity contribution in [3.63, 3.8) is 0 Å². The molecule has 0 atom stereocenters. The summed E-state index contributed by atoms with van der Waals surface area (Å²) in [5.74, 6) is 0. The van der Waals surface area contributed by atoms with Crippen LogP contribution in [0, 0.1) is 0 Å². The molecule has 0 aromatic rings. The maximum atomic E-state index is 10.7. The molecule has 0 rings (SSSR count). The Bertz CT molecular complexity index is 355. The molecule has 0 unspecified atom stereocenters. The average Bonchev–Trinajstić information content (AvgIpc) is 2.57. The van der Waals surface area contributed by atoms with Gasteiger partial charge in [-0.05, 0) is 6.42 Å². The summed E-state index contributed by atoms with van der Waals surface area (Å²) in [5.41, 5.74) is 0. The van der Waals surface area contributed by atoms with Crippen molar-refractivity contribution in [1.29, 1.82) is 0 Å². The van der Waals surface area contributed by atoms with Crippen molar-refractivity contribution in [2.75, 3.05) is 6.61 Å². The van der Waals surface area contributed by atoms with Crippen molar-refractivity contribution in [3.05, 3.63) is 0 Å². The second kappa shape index (κ2) is 21.1. The van der Waals surface area contributed by atoms with E-state index in [1.54, 1.807) is 0 Å². The van der Waals surface area contributed by atoms with Gasteiger partial charge in [-0.1, -0.05) is 108 Å². The molecule has 0 fully saturated rings. The van der Waals surface area contributed by atoms with Crippen LogP contribution in [0.15, 0.2) is 0 Å². The summed E-state index contributed by atoms with van der Waals surface area (Å²) in [5, 5.41) is 8.02. The van der Waals surface area contributed by atoms with Gasteiger partial charge in [0.1, 0.15) is 0 Å². The first kappa shape index (κ1) is 28.0. The Hall–Kier alpha value is 0.830. The summed E-state index contributed by atoms with van der Waals surface area (Å²) in [6.07, 6.45) is 20.3. The molecule has 0 heterocycles. The Morgan fingerprint density at radius 3 is 1.32 bits per heavy atom. The first-order chi connectivity index (χ1) is 11.6. The van der Waals surface area contributed by atoms with Crippen molar-refractivity contribution in [3.8, 4) is 0 Å². The summed E-state index contributed by atoms with van der Waals surface area (Å²) >= 11 is 0. The van der Waals surface area contributed by atoms with Gasteiger partial charge in [0.05, 0.1) is 6.61 Å². The van der Waals surface area contributed by atoms with Gasteiger partial charge >= 0.3 is 40.0 Å². The fraction of sp³-hybridized carbons (Fsp3) is 1.00. The largest absolute Gasteiger partial charge is 1.00 e. The van der Waals surface area contributed by atoms with Crippen LogP contribution in [0.1, 0.15) is 111 Å². The molecular formula is C18H39NaO5S. The fourth-order valence-corrected chi connectivity index (χ4v) is 3.20. The summed E-state index contributed by atoms with van der Waals surface area (Å²) in [6.45, 7) is 2.33. The molecule has 0 aliphatic heterocycles. The Kier molecular flexibility index (Phi) is 23.7. The van der Waals surface area contributed by atoms with Crippen LogP contribution in [-0.2, 0) is 18.9 Å². The van der Waals surface area contributed by atoms with Crippen LogP contribution in [0.4, 0.5) is 0 Å². The van der Waals surface area contributed by atoms with Crippen LogP contribution in [0.5, 0.6) is 0 Å². The fourth-order valence-electron chi connectivity index (χ4n) is 2.83. The molecule has 0 bridgehead atoms. The smallest absolute Gasteiger partial charge is 1.00 e. The molecule has 0 aromatic carbocycles. The Balaban J connectivity index is -0.00000264. The molecule has 0 saturated heterocycles. The standard InChI is InChI=1S/C18H38O5S.Na.H/c1-2-3-4-5-6-7-8-9-10-11-12-13-14-15-16-17-18-22-24(20,21)23-19;;/h19H,2-18H2,1H3;;/q;+1;-1. The third kappa shape index (κ3) is 22.8. The first-order valence-corrected chi connectivity index (χ1v) is 11.2. The van der Waals surface area contributed by atoms with Gasteiger partial charge < -0.3 is 1.43 Å². The van der Waals surface area contributed by atoms with E-state index >= 15 is 0 Å². The number of unbranched alkanes of at least 4 members (excludes halogenated alkanes) is 15. The van der Waals surface area contributed by atoms with E-state index in [1.165, 1.54) is 83.5 Å². The molecule has 0 aromatic heterocycles. The minimum absolute atomic E-state index is 0. The van der Waals surface area contributed by atoms with E-state index < -0.39 is 10.4 Å². The second-order valence-electron chi connectivity index (χ2n) is 6.61. The second-order valence-corrected chi connectivity index (χ2v) is 7.81. The van der Waals surface area contributed by atoms with Gasteiger partial charge in [-0.25, -0.2) is 9.44 Å². The van der Waals surface area contributed by atoms with E-state index in [2.05, 4.69) is 15.4 Å². The van der Waals surface area contributed by atoms with Crippen LogP contribution < -0.4 is 29.6 Å². The molecule has 0 aliphatic rings. The zero-order valence-electron chi connectivity index (χ0n) is 17.5. The van der Waals surface area contributed by atoms with Crippen molar-refractivity contribution in [2.24, 2.45) is 0 Å². The van der Waals surface area contributed by atoms with Crippen molar-refractivity contribution >= 4 is 10.4 Å². The first-order valence-electron chi connectivity index (χ1n) is 9.85. The van der Waals surface area contributed by atoms with Crippen LogP contribution >= 0.6 is 0 Å². The van der Waals surface area contributed by atoms with E-state index in [0.717, 1.165) is 12.8 Å². The summed E-state index contributed by atoms with van der Waals surface area (Å²) < 4.78 is 28.9. The predicted octanol–water partition coefficient (Wildman–Crippen LogP) is 3.12. The molecular weight excluding hydrogens is 351 g/mol. The number of hydrogen-bond acceptors (Lipinski definition) is 5. The molecule has 0 aliphatic carbocycles. The third-order valence-electron chi connectivity index (χ3n) is 4.32. The Morgan fingerprint density at radius 2 is 1.00 bits per heavy atom. The molecule has 5 nitrogen and oxygen atoms in total. The van der Waals surface area contributed by atoms with Crippen molar-refractivity contribution in [2.45, 2.75) is 110 Å². The minimum Gasteiger partial charge on any atom is -1.00 e. The van der Waals surface area contributed by atoms with Gasteiger partial charge in [-0.2, -0.15) is 8.42 Å². The molecule has 0 spiro atoms. The van der Waals surface area contributed by atoms with Crippen LogP contribution in [0.25, 0.3) is 0 Å². The van der Waals surface area contributed by atoms with Crippen molar-refractivity contribution in [1.82, 2.24) is 0 Å². The molecule has 0 radical (unpaired) electrons. The summed E-state index contributed by atoms with van der Waals surface area (Å²) in [4.78, 5) is 0. The zero-order valence-corrected chi connectivity index (χ0v) is 19.3. The number of rotatable bonds is 19. The average molecular weight is 391 g/mol. The normalized spacial score (nSPS) is 11.4. The molecule has 0 saturated carbocycles. The molecule has 148 valence electrons. The maximum absolute atomic E-state index is 10.7. The van der Waals surface area contributed by atoms with Gasteiger partial charge in [0, 0.05) is 0 Å². The SMILES string of the molecule is CCCCCCCCCCCCCCCCCCOS(=O)(=O)OO.[H-].[Na+]. The van der Waals surface area contributed by atoms with Crippen LogP contribution in [0.2, 0.25) is 0 Å². The number of hydrogen-bond donors (Lipinski definition) is 1. The summed E-state index contributed by atoms with van der Waals surface area (Å²) in [7, 11) is -4.18. The molecule has 25 heavy (non-hydrogen) atoms. The van der Waals surface area contributed by atoms with Crippen LogP contribution in [0.3, 0.4) is 0 Å². The van der Waals surface area contributed by atoms with Crippen LogP contribution in [-0.4, -0.2) is 20.3 Å². The Morgan fingerprint density at radius 1 is 0.680 bits per heavy atom. The third-order valence-corrected chi connectivity index (χ3v) is 4.95. The molecule has 7 heteroatoms. The van der Waals surface area contributed by atoms with E-state index in [1.807, 2.05) is 0 Å². The quantitative estimate of drug-likeness (QED) is 0.159. The molecule has 0 amide bonds. The van der Waals surface area contributed by atoms with E-state index in [4.69, 9.17) is 5.26 Å². The maximum Gasteiger partial charge on any atom is 1.00 e. The molecule has 1 N–H and O–H groups in total. The van der Waals surface area contributed by atoms with Gasteiger partial charge in [0.2, 0.25) is 0 Å². The van der Waals surface area contributed by atoms with Crippen molar-refractivity contribution < 1.29 is 53.2 Å². The van der Waals surface area contributed by atoms with Gasteiger partial charge in [0.15, 0.2) is 0 Å². The minimum atomic E-state index is -4.18. The van der Waals surface area contributed by atoms with E-state index in [9.17, 15) is 8.42 Å². The monoisotopic (exact) mass is 390 g/mol.